The third kappa shape index (κ3) is 4.89. The zero-order valence-electron chi connectivity index (χ0n) is 23.2. The summed E-state index contributed by atoms with van der Waals surface area (Å²) >= 11 is 0. The lowest BCUT2D eigenvalue weighted by Gasteiger charge is -2.44. The number of aryl methyl sites for hydroxylation is 1. The van der Waals surface area contributed by atoms with E-state index in [2.05, 4.69) is 0 Å². The molecule has 45 heavy (non-hydrogen) atoms. The van der Waals surface area contributed by atoms with Crippen LogP contribution in [0.25, 0.3) is 0 Å². The summed E-state index contributed by atoms with van der Waals surface area (Å²) in [5.74, 6) is -3.96. The first-order chi connectivity index (χ1) is 20.7. The Morgan fingerprint density at radius 3 is 1.98 bits per heavy atom. The highest BCUT2D eigenvalue weighted by Gasteiger charge is 2.74. The Bertz CT molecular complexity index is 1600. The van der Waals surface area contributed by atoms with Crippen LogP contribution in [0, 0.1) is 11.7 Å². The molecule has 1 amide bonds. The van der Waals surface area contributed by atoms with Gasteiger partial charge in [0.1, 0.15) is 10.6 Å². The molecule has 2 fully saturated rings. The molecule has 2 aliphatic carbocycles. The summed E-state index contributed by atoms with van der Waals surface area (Å²) in [5, 5.41) is 9.26. The Morgan fingerprint density at radius 1 is 0.867 bits per heavy atom. The van der Waals surface area contributed by atoms with E-state index in [1.807, 2.05) is 0 Å². The van der Waals surface area contributed by atoms with Crippen LogP contribution in [0.3, 0.4) is 0 Å². The first kappa shape index (κ1) is 33.1. The minimum atomic E-state index is -6.42. The van der Waals surface area contributed by atoms with Crippen molar-refractivity contribution in [1.29, 1.82) is 0 Å². The quantitative estimate of drug-likeness (QED) is 0.297. The number of rotatable bonds is 5. The molecule has 1 N–H and O–H groups in total. The third-order valence-corrected chi connectivity index (χ3v) is 12.0. The van der Waals surface area contributed by atoms with E-state index >= 15 is 4.39 Å². The first-order valence-electron chi connectivity index (χ1n) is 13.9. The van der Waals surface area contributed by atoms with Gasteiger partial charge in [0.25, 0.3) is 5.91 Å². The SMILES string of the molecule is O=C(O)C1CCC(F)(C(=O)N2CCC3(S(=O)(=O)c4ccc(F)cc4)c4ccc(C(F)(C(F)(F)F)C(F)(F)F)cc4CCC23)CC1. The van der Waals surface area contributed by atoms with E-state index in [1.165, 1.54) is 0 Å². The Hall–Kier alpha value is -3.30. The Balaban J connectivity index is 1.64. The topological polar surface area (TPSA) is 91.8 Å². The van der Waals surface area contributed by atoms with E-state index in [9.17, 15) is 58.2 Å². The molecule has 1 heterocycles. The number of hydrogen-bond acceptors (Lipinski definition) is 4. The van der Waals surface area contributed by atoms with Crippen LogP contribution in [0.2, 0.25) is 0 Å². The van der Waals surface area contributed by atoms with E-state index in [4.69, 9.17) is 0 Å². The number of sulfone groups is 1. The molecule has 3 aliphatic rings. The highest BCUT2D eigenvalue weighted by molar-refractivity contribution is 7.92. The van der Waals surface area contributed by atoms with Crippen molar-refractivity contribution in [1.82, 2.24) is 4.90 Å². The fourth-order valence-electron chi connectivity index (χ4n) is 7.09. The van der Waals surface area contributed by atoms with Gasteiger partial charge in [-0.2, -0.15) is 26.3 Å². The standard InChI is InChI=1S/C29H26F9NO5S/c30-19-3-5-20(6-4-19)45(43,44)26-13-14-39(24(42)25(31)11-9-16(10-12-25)23(40)41)22(26)8-1-17-15-18(2-7-21(17)26)27(32,28(33,34)35)29(36,37)38/h2-7,15-16,22H,1,8-14H2,(H,40,41). The second-order valence-electron chi connectivity index (χ2n) is 11.8. The number of carbonyl (C=O) groups excluding carboxylic acids is 1. The summed E-state index contributed by atoms with van der Waals surface area (Å²) in [6, 6.07) is 3.31. The third-order valence-electron chi connectivity index (χ3n) is 9.44. The van der Waals surface area contributed by atoms with Crippen molar-refractivity contribution in [3.63, 3.8) is 0 Å². The number of benzene rings is 2. The lowest BCUT2D eigenvalue weighted by molar-refractivity contribution is -0.348. The first-order valence-corrected chi connectivity index (χ1v) is 15.4. The van der Waals surface area contributed by atoms with Crippen molar-refractivity contribution in [3.8, 4) is 0 Å². The minimum absolute atomic E-state index is 0.163. The molecule has 0 bridgehead atoms. The number of carboxylic acids is 1. The smallest absolute Gasteiger partial charge is 0.435 e. The Kier molecular flexibility index (Phi) is 7.81. The molecule has 1 saturated heterocycles. The maximum absolute atomic E-state index is 16.1. The molecule has 1 saturated carbocycles. The fourth-order valence-corrected chi connectivity index (χ4v) is 9.46. The van der Waals surface area contributed by atoms with E-state index in [0.717, 1.165) is 29.2 Å². The van der Waals surface area contributed by atoms with Gasteiger partial charge in [0.15, 0.2) is 15.5 Å². The van der Waals surface area contributed by atoms with Crippen molar-refractivity contribution in [3.05, 3.63) is 65.0 Å². The molecule has 2 unspecified atom stereocenters. The van der Waals surface area contributed by atoms with Gasteiger partial charge in [0.05, 0.1) is 16.9 Å². The maximum Gasteiger partial charge on any atom is 0.435 e. The second kappa shape index (κ2) is 10.6. The Labute approximate surface area is 251 Å². The number of hydrogen-bond donors (Lipinski definition) is 1. The number of likely N-dealkylation sites (tertiary alicyclic amines) is 1. The predicted molar refractivity (Wildman–Crippen MR) is 138 cm³/mol. The molecule has 0 aromatic heterocycles. The van der Waals surface area contributed by atoms with Crippen LogP contribution in [0.5, 0.6) is 0 Å². The number of fused-ring (bicyclic) bond motifs is 3. The average molecular weight is 672 g/mol. The number of carboxylic acid groups (broad SMARTS) is 1. The minimum Gasteiger partial charge on any atom is -0.481 e. The summed E-state index contributed by atoms with van der Waals surface area (Å²) in [5.41, 5.74) is -10.7. The number of carbonyl (C=O) groups is 2. The van der Waals surface area contributed by atoms with Gasteiger partial charge in [-0.05, 0) is 80.3 Å². The number of nitrogens with zero attached hydrogens (tertiary/aromatic N) is 1. The summed E-state index contributed by atoms with van der Waals surface area (Å²) in [6.07, 6.45) is -15.3. The second-order valence-corrected chi connectivity index (χ2v) is 14.0. The highest BCUT2D eigenvalue weighted by atomic mass is 32.2. The molecule has 2 atom stereocenters. The highest BCUT2D eigenvalue weighted by Crippen LogP contribution is 2.57. The van der Waals surface area contributed by atoms with Gasteiger partial charge in [-0.25, -0.2) is 21.6 Å². The van der Waals surface area contributed by atoms with Crippen LogP contribution in [-0.4, -0.2) is 60.9 Å². The van der Waals surface area contributed by atoms with Crippen molar-refractivity contribution in [2.75, 3.05) is 6.54 Å². The van der Waals surface area contributed by atoms with Crippen LogP contribution in [0.1, 0.15) is 55.2 Å². The van der Waals surface area contributed by atoms with Gasteiger partial charge in [-0.1, -0.05) is 18.2 Å². The monoisotopic (exact) mass is 671 g/mol. The van der Waals surface area contributed by atoms with Crippen LogP contribution >= 0.6 is 0 Å². The molecule has 16 heteroatoms. The molecule has 2 aromatic rings. The predicted octanol–water partition coefficient (Wildman–Crippen LogP) is 6.31. The van der Waals surface area contributed by atoms with Gasteiger partial charge in [-0.15, -0.1) is 0 Å². The number of halogens is 9. The van der Waals surface area contributed by atoms with Crippen LogP contribution in [-0.2, 0) is 36.3 Å². The fraction of sp³-hybridized carbons (Fsp3) is 0.517. The maximum atomic E-state index is 16.1. The van der Waals surface area contributed by atoms with Gasteiger partial charge >= 0.3 is 24.0 Å². The average Bonchev–Trinajstić information content (AvgIpc) is 3.37. The van der Waals surface area contributed by atoms with E-state index in [0.29, 0.717) is 12.1 Å². The van der Waals surface area contributed by atoms with Gasteiger partial charge in [0, 0.05) is 12.1 Å². The molecule has 1 aliphatic heterocycles. The van der Waals surface area contributed by atoms with E-state index < -0.39 is 97.6 Å². The van der Waals surface area contributed by atoms with Crippen LogP contribution in [0.4, 0.5) is 39.5 Å². The molecular weight excluding hydrogens is 645 g/mol. The summed E-state index contributed by atoms with van der Waals surface area (Å²) < 4.78 is 152. The van der Waals surface area contributed by atoms with E-state index in [-0.39, 0.29) is 49.4 Å². The summed E-state index contributed by atoms with van der Waals surface area (Å²) in [4.78, 5) is 25.5. The molecule has 5 rings (SSSR count). The van der Waals surface area contributed by atoms with Gasteiger partial charge in [-0.3, -0.25) is 9.59 Å². The number of aliphatic carboxylic acids is 1. The lowest BCUT2D eigenvalue weighted by atomic mass is 9.76. The molecule has 2 aromatic carbocycles. The number of amides is 1. The zero-order chi connectivity index (χ0) is 33.4. The molecule has 0 spiro atoms. The van der Waals surface area contributed by atoms with Crippen LogP contribution in [0.15, 0.2) is 47.4 Å². The molecule has 0 radical (unpaired) electrons. The normalized spacial score (nSPS) is 27.5. The summed E-state index contributed by atoms with van der Waals surface area (Å²) in [7, 11) is -4.73. The van der Waals surface area contributed by atoms with E-state index in [1.54, 1.807) is 0 Å². The largest absolute Gasteiger partial charge is 0.481 e. The van der Waals surface area contributed by atoms with Gasteiger partial charge in [0.2, 0.25) is 0 Å². The molecule has 246 valence electrons. The molecule has 6 nitrogen and oxygen atoms in total. The van der Waals surface area contributed by atoms with Crippen molar-refractivity contribution < 1.29 is 62.6 Å². The van der Waals surface area contributed by atoms with Gasteiger partial charge < -0.3 is 10.0 Å². The van der Waals surface area contributed by atoms with Crippen molar-refractivity contribution >= 4 is 21.7 Å². The Morgan fingerprint density at radius 2 is 1.44 bits per heavy atom. The van der Waals surface area contributed by atoms with Crippen LogP contribution < -0.4 is 0 Å². The molecular formula is C29H26F9NO5S. The number of alkyl halides is 8. The van der Waals surface area contributed by atoms with Crippen molar-refractivity contribution in [2.45, 2.75) is 84.3 Å². The zero-order valence-corrected chi connectivity index (χ0v) is 24.0. The lowest BCUT2D eigenvalue weighted by Crippen LogP contribution is -2.56. The van der Waals surface area contributed by atoms with Crippen molar-refractivity contribution in [2.24, 2.45) is 5.92 Å². The summed E-state index contributed by atoms with van der Waals surface area (Å²) in [6.45, 7) is -0.378.